The normalized spacial score (nSPS) is 17.3. The second kappa shape index (κ2) is 9.47. The number of carbonyl (C=O) groups is 2. The summed E-state index contributed by atoms with van der Waals surface area (Å²) in [5, 5.41) is 2.74. The van der Waals surface area contributed by atoms with Crippen molar-refractivity contribution in [2.24, 2.45) is 11.8 Å². The number of esters is 1. The number of sulfonamides is 1. The van der Waals surface area contributed by atoms with Gasteiger partial charge in [0.2, 0.25) is 15.9 Å². The van der Waals surface area contributed by atoms with Gasteiger partial charge in [-0.05, 0) is 49.4 Å². The molecule has 1 fully saturated rings. The van der Waals surface area contributed by atoms with E-state index in [1.54, 1.807) is 0 Å². The molecule has 0 saturated carbocycles. The van der Waals surface area contributed by atoms with Crippen molar-refractivity contribution in [3.05, 3.63) is 30.1 Å². The number of hydrogen-bond acceptors (Lipinski definition) is 5. The van der Waals surface area contributed by atoms with Gasteiger partial charge in [-0.3, -0.25) is 4.79 Å². The number of halogens is 1. The van der Waals surface area contributed by atoms with E-state index in [0.29, 0.717) is 19.3 Å². The summed E-state index contributed by atoms with van der Waals surface area (Å²) in [6, 6.07) is 3.97. The highest BCUT2D eigenvalue weighted by molar-refractivity contribution is 7.89. The van der Waals surface area contributed by atoms with Crippen LogP contribution in [0.25, 0.3) is 0 Å². The number of piperidine rings is 1. The minimum absolute atomic E-state index is 0.0273. The molecule has 9 heteroatoms. The molecule has 0 aromatic heterocycles. The van der Waals surface area contributed by atoms with Crippen molar-refractivity contribution >= 4 is 21.9 Å². The van der Waals surface area contributed by atoms with Gasteiger partial charge in [0.05, 0.1) is 12.0 Å². The van der Waals surface area contributed by atoms with E-state index in [-0.39, 0.29) is 35.7 Å². The first-order chi connectivity index (χ1) is 13.1. The summed E-state index contributed by atoms with van der Waals surface area (Å²) in [6.07, 6.45) is 1.17. The fraction of sp³-hybridized carbons (Fsp3) is 0.579. The number of rotatable bonds is 7. The molecule has 1 unspecified atom stereocenters. The highest BCUT2D eigenvalue weighted by Gasteiger charge is 2.33. The largest absolute Gasteiger partial charge is 0.467 e. The molecular formula is C19H27FN2O5S. The van der Waals surface area contributed by atoms with Gasteiger partial charge < -0.3 is 10.1 Å². The molecule has 156 valence electrons. The molecule has 2 rings (SSSR count). The molecule has 1 aliphatic heterocycles. The van der Waals surface area contributed by atoms with Crippen molar-refractivity contribution in [3.63, 3.8) is 0 Å². The molecule has 1 amide bonds. The van der Waals surface area contributed by atoms with Crippen molar-refractivity contribution in [2.45, 2.75) is 44.0 Å². The molecule has 1 atom stereocenters. The Labute approximate surface area is 165 Å². The number of methoxy groups -OCH3 is 1. The molecule has 1 saturated heterocycles. The minimum Gasteiger partial charge on any atom is -0.467 e. The average molecular weight is 414 g/mol. The van der Waals surface area contributed by atoms with Gasteiger partial charge in [0.15, 0.2) is 0 Å². The molecule has 28 heavy (non-hydrogen) atoms. The van der Waals surface area contributed by atoms with Crippen molar-refractivity contribution in [1.82, 2.24) is 9.62 Å². The molecule has 0 bridgehead atoms. The van der Waals surface area contributed by atoms with E-state index in [4.69, 9.17) is 4.74 Å². The van der Waals surface area contributed by atoms with Gasteiger partial charge in [-0.25, -0.2) is 17.6 Å². The number of amides is 1. The quantitative estimate of drug-likeness (QED) is 0.688. The van der Waals surface area contributed by atoms with Crippen molar-refractivity contribution in [2.75, 3.05) is 20.2 Å². The zero-order chi connectivity index (χ0) is 20.9. The molecule has 1 aromatic rings. The number of nitrogens with one attached hydrogen (secondary N) is 1. The van der Waals surface area contributed by atoms with Crippen LogP contribution in [0.2, 0.25) is 0 Å². The summed E-state index contributed by atoms with van der Waals surface area (Å²) in [7, 11) is -2.45. The molecule has 7 nitrogen and oxygen atoms in total. The molecule has 0 spiro atoms. The highest BCUT2D eigenvalue weighted by atomic mass is 32.2. The maximum atomic E-state index is 13.0. The van der Waals surface area contributed by atoms with Gasteiger partial charge in [0.25, 0.3) is 0 Å². The Balaban J connectivity index is 1.97. The van der Waals surface area contributed by atoms with Crippen LogP contribution < -0.4 is 5.32 Å². The van der Waals surface area contributed by atoms with Crippen molar-refractivity contribution < 1.29 is 27.1 Å². The summed E-state index contributed by atoms with van der Waals surface area (Å²) < 4.78 is 44.4. The molecule has 1 N–H and O–H groups in total. The Bertz CT molecular complexity index is 787. The Hall–Kier alpha value is -2.00. The number of ether oxygens (including phenoxy) is 1. The van der Waals surface area contributed by atoms with Crippen LogP contribution in [0.1, 0.15) is 33.1 Å². The van der Waals surface area contributed by atoms with Crippen LogP contribution >= 0.6 is 0 Å². The fourth-order valence-electron chi connectivity index (χ4n) is 3.23. The molecule has 1 aliphatic rings. The number of hydrogen-bond donors (Lipinski definition) is 1. The highest BCUT2D eigenvalue weighted by Crippen LogP contribution is 2.24. The van der Waals surface area contributed by atoms with Crippen molar-refractivity contribution in [3.8, 4) is 0 Å². The van der Waals surface area contributed by atoms with Crippen LogP contribution in [0.3, 0.4) is 0 Å². The predicted octanol–water partition coefficient (Wildman–Crippen LogP) is 1.93. The fourth-order valence-corrected chi connectivity index (χ4v) is 4.70. The van der Waals surface area contributed by atoms with Crippen LogP contribution in [0.5, 0.6) is 0 Å². The van der Waals surface area contributed by atoms with Gasteiger partial charge in [0, 0.05) is 19.0 Å². The van der Waals surface area contributed by atoms with E-state index in [0.717, 1.165) is 12.1 Å². The SMILES string of the molecule is COC(=O)C(CC(C)C)NC(=O)C1CCN(S(=O)(=O)c2ccc(F)cc2)CC1. The lowest BCUT2D eigenvalue weighted by molar-refractivity contribution is -0.146. The lowest BCUT2D eigenvalue weighted by Gasteiger charge is -2.31. The van der Waals surface area contributed by atoms with Gasteiger partial charge >= 0.3 is 5.97 Å². The van der Waals surface area contributed by atoms with E-state index in [1.165, 1.54) is 23.5 Å². The molecule has 1 heterocycles. The van der Waals surface area contributed by atoms with Crippen LogP contribution in [-0.4, -0.2) is 50.8 Å². The number of nitrogens with zero attached hydrogens (tertiary/aromatic N) is 1. The third kappa shape index (κ3) is 5.51. The summed E-state index contributed by atoms with van der Waals surface area (Å²) in [5.74, 6) is -1.43. The van der Waals surface area contributed by atoms with E-state index >= 15 is 0 Å². The van der Waals surface area contributed by atoms with Gasteiger partial charge in [0.1, 0.15) is 11.9 Å². The van der Waals surface area contributed by atoms with E-state index in [1.807, 2.05) is 13.8 Å². The summed E-state index contributed by atoms with van der Waals surface area (Å²) in [4.78, 5) is 24.5. The summed E-state index contributed by atoms with van der Waals surface area (Å²) in [5.41, 5.74) is 0. The first-order valence-electron chi connectivity index (χ1n) is 9.29. The average Bonchev–Trinajstić information content (AvgIpc) is 2.66. The zero-order valence-electron chi connectivity index (χ0n) is 16.4. The molecule has 0 aliphatic carbocycles. The lowest BCUT2D eigenvalue weighted by atomic mass is 9.96. The minimum atomic E-state index is -3.72. The third-order valence-corrected chi connectivity index (χ3v) is 6.70. The molecule has 0 radical (unpaired) electrons. The summed E-state index contributed by atoms with van der Waals surface area (Å²) >= 11 is 0. The van der Waals surface area contributed by atoms with E-state index < -0.39 is 27.9 Å². The van der Waals surface area contributed by atoms with E-state index in [9.17, 15) is 22.4 Å². The van der Waals surface area contributed by atoms with Crippen LogP contribution in [0.15, 0.2) is 29.2 Å². The second-order valence-electron chi connectivity index (χ2n) is 7.35. The van der Waals surface area contributed by atoms with Crippen LogP contribution in [-0.2, 0) is 24.3 Å². The third-order valence-electron chi connectivity index (χ3n) is 4.79. The molecule has 1 aromatic carbocycles. The number of benzene rings is 1. The maximum Gasteiger partial charge on any atom is 0.328 e. The second-order valence-corrected chi connectivity index (χ2v) is 9.28. The first kappa shape index (κ1) is 22.3. The van der Waals surface area contributed by atoms with Crippen LogP contribution in [0, 0.1) is 17.7 Å². The number of carbonyl (C=O) groups excluding carboxylic acids is 2. The first-order valence-corrected chi connectivity index (χ1v) is 10.7. The van der Waals surface area contributed by atoms with Gasteiger partial charge in [-0.1, -0.05) is 13.8 Å². The van der Waals surface area contributed by atoms with E-state index in [2.05, 4.69) is 5.32 Å². The Kier molecular flexibility index (Phi) is 7.54. The van der Waals surface area contributed by atoms with Crippen molar-refractivity contribution in [1.29, 1.82) is 0 Å². The lowest BCUT2D eigenvalue weighted by Crippen LogP contribution is -2.48. The topological polar surface area (TPSA) is 92.8 Å². The predicted molar refractivity (Wildman–Crippen MR) is 101 cm³/mol. The molecular weight excluding hydrogens is 387 g/mol. The van der Waals surface area contributed by atoms with Gasteiger partial charge in [-0.15, -0.1) is 0 Å². The Morgan fingerprint density at radius 1 is 1.21 bits per heavy atom. The Morgan fingerprint density at radius 3 is 2.29 bits per heavy atom. The zero-order valence-corrected chi connectivity index (χ0v) is 17.2. The Morgan fingerprint density at radius 2 is 1.79 bits per heavy atom. The monoisotopic (exact) mass is 414 g/mol. The maximum absolute atomic E-state index is 13.0. The standard InChI is InChI=1S/C19H27FN2O5S/c1-13(2)12-17(19(24)27-3)21-18(23)14-8-10-22(11-9-14)28(25,26)16-6-4-15(20)5-7-16/h4-7,13-14,17H,8-12H2,1-3H3,(H,21,23). The summed E-state index contributed by atoms with van der Waals surface area (Å²) in [6.45, 7) is 4.26. The van der Waals surface area contributed by atoms with Gasteiger partial charge in [-0.2, -0.15) is 4.31 Å². The van der Waals surface area contributed by atoms with Crippen LogP contribution in [0.4, 0.5) is 4.39 Å². The smallest absolute Gasteiger partial charge is 0.328 e.